The lowest BCUT2D eigenvalue weighted by Crippen LogP contribution is -2.49. The van der Waals surface area contributed by atoms with E-state index in [1.54, 1.807) is 6.20 Å². The van der Waals surface area contributed by atoms with Crippen molar-refractivity contribution in [2.24, 2.45) is 56.6 Å². The normalized spacial score (nSPS) is 29.0. The van der Waals surface area contributed by atoms with E-state index in [2.05, 4.69) is 50.2 Å². The molecule has 0 spiro atoms. The molecule has 5 rings (SSSR count). The summed E-state index contributed by atoms with van der Waals surface area (Å²) in [5.41, 5.74) is -0.990. The van der Waals surface area contributed by atoms with Crippen LogP contribution in [0.15, 0.2) is 58.4 Å². The topological polar surface area (TPSA) is 230 Å². The van der Waals surface area contributed by atoms with Gasteiger partial charge in [0, 0.05) is 18.3 Å². The van der Waals surface area contributed by atoms with Crippen molar-refractivity contribution in [3.63, 3.8) is 0 Å². The molecule has 0 amide bonds. The van der Waals surface area contributed by atoms with Crippen molar-refractivity contribution in [3.05, 3.63) is 88.6 Å². The van der Waals surface area contributed by atoms with Crippen molar-refractivity contribution >= 4 is 34.1 Å². The minimum absolute atomic E-state index is 0.0494. The van der Waals surface area contributed by atoms with Crippen molar-refractivity contribution < 1.29 is 24.8 Å². The fraction of sp³-hybridized carbons (Fsp3) is 0.650. The lowest BCUT2D eigenvalue weighted by atomic mass is 9.49. The highest BCUT2D eigenvalue weighted by molar-refractivity contribution is 5.66. The number of hydrogen-bond acceptors (Lipinski definition) is 12. The molecule has 2 unspecified atom stereocenters. The number of azo groups is 1. The highest BCUT2D eigenvalue weighted by Gasteiger charge is 2.58. The summed E-state index contributed by atoms with van der Waals surface area (Å²) in [4.78, 5) is 43.6. The second-order valence-electron chi connectivity index (χ2n) is 17.2. The van der Waals surface area contributed by atoms with Crippen LogP contribution in [0.25, 0.3) is 0 Å². The molecule has 304 valence electrons. The SMILES string of the molecule is CC(C)CCC[C@@H](C)[C@H]1CCC2[C@H](CCN=Nc3ccc([N+](=O)[O-])cc3[N+](=O)[O-])C([C@@]3(C)CC[C@H](O)CC3=CNc3ccc([N+](=O)[O-])cc3[N+](=O)[O-])CC[C@@]21C. The van der Waals surface area contributed by atoms with Crippen molar-refractivity contribution in [2.45, 2.75) is 111 Å². The molecule has 3 fully saturated rings. The van der Waals surface area contributed by atoms with Gasteiger partial charge in [-0.2, -0.15) is 5.11 Å². The predicted octanol–water partition coefficient (Wildman–Crippen LogP) is 10.9. The molecule has 0 saturated heterocycles. The van der Waals surface area contributed by atoms with Crippen LogP contribution in [0.3, 0.4) is 0 Å². The quantitative estimate of drug-likeness (QED) is 0.0929. The van der Waals surface area contributed by atoms with Gasteiger partial charge < -0.3 is 10.4 Å². The van der Waals surface area contributed by atoms with Crippen molar-refractivity contribution in [1.29, 1.82) is 0 Å². The molecule has 8 atom stereocenters. The Kier molecular flexibility index (Phi) is 13.2. The lowest BCUT2D eigenvalue weighted by Gasteiger charge is -2.56. The Morgan fingerprint density at radius 1 is 0.839 bits per heavy atom. The number of nitro benzene ring substituents is 4. The number of rotatable bonds is 16. The van der Waals surface area contributed by atoms with Crippen molar-refractivity contribution in [1.82, 2.24) is 0 Å². The number of nitrogens with one attached hydrogen (secondary N) is 1. The smallest absolute Gasteiger partial charge is 0.303 e. The van der Waals surface area contributed by atoms with Gasteiger partial charge in [-0.05, 0) is 115 Å². The number of anilines is 1. The molecule has 16 heteroatoms. The maximum atomic E-state index is 11.9. The van der Waals surface area contributed by atoms with Crippen LogP contribution in [-0.2, 0) is 0 Å². The van der Waals surface area contributed by atoms with Crippen LogP contribution in [0.2, 0.25) is 0 Å². The second-order valence-corrected chi connectivity index (χ2v) is 17.2. The van der Waals surface area contributed by atoms with Gasteiger partial charge in [-0.15, -0.1) is 5.11 Å². The number of aliphatic hydroxyl groups is 1. The number of nitro groups is 4. The summed E-state index contributed by atoms with van der Waals surface area (Å²) >= 11 is 0. The molecule has 2 aromatic carbocycles. The number of nitrogens with zero attached hydrogens (tertiary/aromatic N) is 6. The highest BCUT2D eigenvalue weighted by Crippen LogP contribution is 2.66. The Morgan fingerprint density at radius 2 is 1.50 bits per heavy atom. The summed E-state index contributed by atoms with van der Waals surface area (Å²) in [7, 11) is 0. The zero-order chi connectivity index (χ0) is 40.9. The number of benzene rings is 2. The van der Waals surface area contributed by atoms with E-state index in [0.29, 0.717) is 55.9 Å². The molecule has 0 aliphatic heterocycles. The molecule has 16 nitrogen and oxygen atoms in total. The number of aliphatic hydroxyl groups excluding tert-OH is 1. The van der Waals surface area contributed by atoms with Gasteiger partial charge in [0.05, 0.1) is 44.5 Å². The van der Waals surface area contributed by atoms with Gasteiger partial charge in [0.2, 0.25) is 0 Å². The largest absolute Gasteiger partial charge is 0.393 e. The third-order valence-electron chi connectivity index (χ3n) is 13.5. The second kappa shape index (κ2) is 17.5. The molecule has 3 saturated carbocycles. The maximum Gasteiger partial charge on any atom is 0.303 e. The van der Waals surface area contributed by atoms with Crippen LogP contribution < -0.4 is 5.32 Å². The third kappa shape index (κ3) is 9.06. The van der Waals surface area contributed by atoms with Crippen molar-refractivity contribution in [3.8, 4) is 0 Å². The van der Waals surface area contributed by atoms with E-state index in [1.165, 1.54) is 43.5 Å². The molecule has 0 radical (unpaired) electrons. The van der Waals surface area contributed by atoms with E-state index < -0.39 is 48.3 Å². The molecular formula is C40H55N7O9. The first-order chi connectivity index (χ1) is 26.5. The van der Waals surface area contributed by atoms with E-state index >= 15 is 0 Å². The van der Waals surface area contributed by atoms with E-state index in [1.807, 2.05) is 0 Å². The number of hydrogen-bond donors (Lipinski definition) is 2. The minimum atomic E-state index is -0.698. The van der Waals surface area contributed by atoms with Crippen LogP contribution in [0.5, 0.6) is 0 Å². The van der Waals surface area contributed by atoms with E-state index in [4.69, 9.17) is 0 Å². The molecule has 0 heterocycles. The van der Waals surface area contributed by atoms with Crippen molar-refractivity contribution in [2.75, 3.05) is 11.9 Å². The Morgan fingerprint density at radius 3 is 2.14 bits per heavy atom. The Balaban J connectivity index is 1.47. The maximum absolute atomic E-state index is 11.9. The fourth-order valence-electron chi connectivity index (χ4n) is 10.6. The molecule has 2 N–H and O–H groups in total. The summed E-state index contributed by atoms with van der Waals surface area (Å²) in [5.74, 6) is 2.51. The fourth-order valence-corrected chi connectivity index (χ4v) is 10.6. The van der Waals surface area contributed by atoms with Gasteiger partial charge in [0.15, 0.2) is 5.69 Å². The van der Waals surface area contributed by atoms with E-state index in [0.717, 1.165) is 43.4 Å². The van der Waals surface area contributed by atoms with Crippen LogP contribution >= 0.6 is 0 Å². The molecule has 2 aromatic rings. The van der Waals surface area contributed by atoms with Crippen LogP contribution in [0.4, 0.5) is 34.1 Å². The Bertz CT molecular complexity index is 1870. The summed E-state index contributed by atoms with van der Waals surface area (Å²) in [6.45, 7) is 11.9. The molecule has 56 heavy (non-hydrogen) atoms. The highest BCUT2D eigenvalue weighted by atomic mass is 16.6. The van der Waals surface area contributed by atoms with E-state index in [-0.39, 0.29) is 34.3 Å². The Labute approximate surface area is 326 Å². The number of fused-ring (bicyclic) bond motifs is 1. The standard InChI is InChI=1S/C40H55N7O9/c1-25(2)7-6-8-26(3)32-11-12-33-31(17-20-42-43-36-14-10-29(45(51)52)23-38(36)47(55)56)34(16-19-40(32,33)5)39(4)18-15-30(48)21-27(39)24-41-35-13-9-28(44(49)50)22-37(35)46(53)54/h9-10,13-14,22-26,30-34,41,48H,6-8,11-12,15-21H2,1-5H3/t26-,30+,31+,32-,33?,34?,39+,40-/m1/s1. The summed E-state index contributed by atoms with van der Waals surface area (Å²) in [6.07, 6.45) is 11.2. The van der Waals surface area contributed by atoms with Gasteiger partial charge in [-0.1, -0.05) is 53.9 Å². The first-order valence-corrected chi connectivity index (χ1v) is 19.8. The summed E-state index contributed by atoms with van der Waals surface area (Å²) in [5, 5.41) is 69.0. The van der Waals surface area contributed by atoms with Gasteiger partial charge in [0.25, 0.3) is 17.1 Å². The summed E-state index contributed by atoms with van der Waals surface area (Å²) < 4.78 is 0. The van der Waals surface area contributed by atoms with Gasteiger partial charge >= 0.3 is 5.69 Å². The van der Waals surface area contributed by atoms with E-state index in [9.17, 15) is 45.6 Å². The predicted molar refractivity (Wildman–Crippen MR) is 212 cm³/mol. The number of non-ortho nitro benzene ring substituents is 2. The van der Waals surface area contributed by atoms with Crippen LogP contribution in [0, 0.1) is 86.8 Å². The van der Waals surface area contributed by atoms with Gasteiger partial charge in [-0.3, -0.25) is 40.5 Å². The average Bonchev–Trinajstić information content (AvgIpc) is 3.50. The molecule has 0 bridgehead atoms. The third-order valence-corrected chi connectivity index (χ3v) is 13.5. The zero-order valence-electron chi connectivity index (χ0n) is 33.0. The minimum Gasteiger partial charge on any atom is -0.393 e. The van der Waals surface area contributed by atoms with Gasteiger partial charge in [0.1, 0.15) is 5.69 Å². The Hall–Kier alpha value is -4.86. The molecule has 0 aromatic heterocycles. The monoisotopic (exact) mass is 777 g/mol. The molecule has 3 aliphatic carbocycles. The average molecular weight is 778 g/mol. The van der Waals surface area contributed by atoms with Crippen LogP contribution in [0.1, 0.15) is 105 Å². The van der Waals surface area contributed by atoms with Crippen LogP contribution in [-0.4, -0.2) is 37.4 Å². The zero-order valence-corrected chi connectivity index (χ0v) is 33.0. The molecular weight excluding hydrogens is 722 g/mol. The first-order valence-electron chi connectivity index (χ1n) is 19.8. The molecule has 3 aliphatic rings. The summed E-state index contributed by atoms with van der Waals surface area (Å²) in [6, 6.07) is 6.81. The van der Waals surface area contributed by atoms with Gasteiger partial charge in [-0.25, -0.2) is 0 Å². The first kappa shape index (κ1) is 42.3. The lowest BCUT2D eigenvalue weighted by molar-refractivity contribution is -0.393.